The largest absolute Gasteiger partial charge is 0.343 e. The second-order valence-electron chi connectivity index (χ2n) is 3.95. The molecule has 6 nitrogen and oxygen atoms in total. The lowest BCUT2D eigenvalue weighted by atomic mass is 10.1. The van der Waals surface area contributed by atoms with Crippen LogP contribution in [0.2, 0.25) is 0 Å². The van der Waals surface area contributed by atoms with Crippen LogP contribution in [0, 0.1) is 0 Å². The highest BCUT2D eigenvalue weighted by molar-refractivity contribution is 6.07. The molecular weight excluding hydrogens is 220 g/mol. The molecule has 2 rings (SSSR count). The number of hydrogen-bond donors (Lipinski definition) is 1. The van der Waals surface area contributed by atoms with Crippen molar-refractivity contribution in [3.05, 3.63) is 18.7 Å². The molecule has 1 aromatic rings. The topological polar surface area (TPSA) is 75.2 Å². The molecule has 1 aliphatic rings. The highest BCUT2D eigenvalue weighted by atomic mass is 16.2. The molecule has 6 heteroatoms. The van der Waals surface area contributed by atoms with E-state index in [4.69, 9.17) is 0 Å². The van der Waals surface area contributed by atoms with Crippen LogP contribution >= 0.6 is 0 Å². The normalized spacial score (nSPS) is 24.7. The van der Waals surface area contributed by atoms with Crippen molar-refractivity contribution >= 4 is 17.5 Å². The number of nitrogens with zero attached hydrogens (tertiary/aromatic N) is 3. The Balaban J connectivity index is 2.36. The van der Waals surface area contributed by atoms with Crippen molar-refractivity contribution in [2.75, 3.05) is 4.90 Å². The maximum Gasteiger partial charge on any atom is 0.250 e. The monoisotopic (exact) mass is 234 g/mol. The minimum atomic E-state index is -0.531. The molecule has 2 heterocycles. The molecule has 1 saturated heterocycles. The molecule has 0 aromatic carbocycles. The first-order valence-corrected chi connectivity index (χ1v) is 5.53. The van der Waals surface area contributed by atoms with Gasteiger partial charge in [0.2, 0.25) is 11.8 Å². The van der Waals surface area contributed by atoms with Crippen molar-refractivity contribution < 1.29 is 9.59 Å². The van der Waals surface area contributed by atoms with Crippen molar-refractivity contribution in [1.29, 1.82) is 0 Å². The Kier molecular flexibility index (Phi) is 3.03. The van der Waals surface area contributed by atoms with E-state index in [0.29, 0.717) is 12.1 Å². The summed E-state index contributed by atoms with van der Waals surface area (Å²) in [6.07, 6.45) is 5.03. The third-order valence-electron chi connectivity index (χ3n) is 2.85. The van der Waals surface area contributed by atoms with Gasteiger partial charge in [0.05, 0.1) is 18.1 Å². The van der Waals surface area contributed by atoms with Gasteiger partial charge in [0.15, 0.2) is 0 Å². The number of amides is 2. The van der Waals surface area contributed by atoms with Gasteiger partial charge in [-0.2, -0.15) is 0 Å². The van der Waals surface area contributed by atoms with E-state index in [-0.39, 0.29) is 11.8 Å². The standard InChI is InChI=1S/C11H14N4O2/c1-3-9-11(17)15(7(2)10(16)14-9)8-4-12-6-13-5-8/h4-7,9H,3H2,1-2H3,(H,14,16). The van der Waals surface area contributed by atoms with Crippen LogP contribution in [0.25, 0.3) is 0 Å². The molecule has 0 bridgehead atoms. The van der Waals surface area contributed by atoms with E-state index in [1.807, 2.05) is 6.92 Å². The van der Waals surface area contributed by atoms with E-state index >= 15 is 0 Å². The smallest absolute Gasteiger partial charge is 0.250 e. The SMILES string of the molecule is CCC1NC(=O)C(C)N(c2cncnc2)C1=O. The van der Waals surface area contributed by atoms with Crippen molar-refractivity contribution in [1.82, 2.24) is 15.3 Å². The van der Waals surface area contributed by atoms with E-state index < -0.39 is 12.1 Å². The van der Waals surface area contributed by atoms with Crippen LogP contribution in [0.15, 0.2) is 18.7 Å². The molecule has 0 radical (unpaired) electrons. The summed E-state index contributed by atoms with van der Waals surface area (Å²) in [5.74, 6) is -0.269. The zero-order valence-electron chi connectivity index (χ0n) is 9.75. The third-order valence-corrected chi connectivity index (χ3v) is 2.85. The Morgan fingerprint density at radius 1 is 1.35 bits per heavy atom. The Labute approximate surface area is 99.1 Å². The fourth-order valence-corrected chi connectivity index (χ4v) is 1.87. The lowest BCUT2D eigenvalue weighted by molar-refractivity contribution is -0.133. The van der Waals surface area contributed by atoms with Crippen LogP contribution in [0.4, 0.5) is 5.69 Å². The number of rotatable bonds is 2. The molecule has 1 aliphatic heterocycles. The van der Waals surface area contributed by atoms with Crippen molar-refractivity contribution in [2.45, 2.75) is 32.4 Å². The van der Waals surface area contributed by atoms with Crippen LogP contribution in [-0.2, 0) is 9.59 Å². The van der Waals surface area contributed by atoms with Gasteiger partial charge in [0.25, 0.3) is 0 Å². The zero-order valence-corrected chi connectivity index (χ0v) is 9.75. The second-order valence-corrected chi connectivity index (χ2v) is 3.95. The molecule has 2 atom stereocenters. The molecule has 2 unspecified atom stereocenters. The van der Waals surface area contributed by atoms with Crippen LogP contribution in [0.1, 0.15) is 20.3 Å². The number of anilines is 1. The van der Waals surface area contributed by atoms with Gasteiger partial charge in [-0.1, -0.05) is 6.92 Å². The minimum absolute atomic E-state index is 0.116. The molecule has 0 spiro atoms. The molecule has 1 aromatic heterocycles. The number of carbonyl (C=O) groups excluding carboxylic acids is 2. The van der Waals surface area contributed by atoms with Crippen molar-refractivity contribution in [3.63, 3.8) is 0 Å². The summed E-state index contributed by atoms with van der Waals surface area (Å²) >= 11 is 0. The summed E-state index contributed by atoms with van der Waals surface area (Å²) in [4.78, 5) is 33.1. The number of aromatic nitrogens is 2. The van der Waals surface area contributed by atoms with Gasteiger partial charge in [0, 0.05) is 0 Å². The summed E-state index contributed by atoms with van der Waals surface area (Å²) in [5, 5.41) is 2.69. The van der Waals surface area contributed by atoms with Crippen molar-refractivity contribution in [3.8, 4) is 0 Å². The Morgan fingerprint density at radius 3 is 2.59 bits per heavy atom. The van der Waals surface area contributed by atoms with E-state index in [2.05, 4.69) is 15.3 Å². The molecule has 2 amide bonds. The van der Waals surface area contributed by atoms with Crippen LogP contribution in [0.3, 0.4) is 0 Å². The fourth-order valence-electron chi connectivity index (χ4n) is 1.87. The number of hydrogen-bond acceptors (Lipinski definition) is 4. The second kappa shape index (κ2) is 4.48. The first-order chi connectivity index (χ1) is 8.15. The van der Waals surface area contributed by atoms with Gasteiger partial charge in [-0.05, 0) is 13.3 Å². The number of carbonyl (C=O) groups is 2. The Bertz CT molecular complexity index is 434. The van der Waals surface area contributed by atoms with E-state index in [0.717, 1.165) is 0 Å². The van der Waals surface area contributed by atoms with Gasteiger partial charge < -0.3 is 5.32 Å². The number of nitrogens with one attached hydrogen (secondary N) is 1. The predicted molar refractivity (Wildman–Crippen MR) is 61.2 cm³/mol. The summed E-state index contributed by atoms with van der Waals surface area (Å²) in [5.41, 5.74) is 0.554. The average molecular weight is 234 g/mol. The summed E-state index contributed by atoms with van der Waals surface area (Å²) in [6, 6.07) is -0.991. The highest BCUT2D eigenvalue weighted by Crippen LogP contribution is 2.20. The molecule has 0 saturated carbocycles. The Hall–Kier alpha value is -1.98. The van der Waals surface area contributed by atoms with E-state index in [9.17, 15) is 9.59 Å². The lowest BCUT2D eigenvalue weighted by Gasteiger charge is -2.36. The summed E-state index contributed by atoms with van der Waals surface area (Å²) in [7, 11) is 0. The first kappa shape index (κ1) is 11.5. The maximum absolute atomic E-state index is 12.2. The van der Waals surface area contributed by atoms with Gasteiger partial charge in [-0.15, -0.1) is 0 Å². The molecule has 0 aliphatic carbocycles. The fraction of sp³-hybridized carbons (Fsp3) is 0.455. The molecule has 1 fully saturated rings. The molecule has 1 N–H and O–H groups in total. The predicted octanol–water partition coefficient (Wildman–Crippen LogP) is 0.106. The highest BCUT2D eigenvalue weighted by Gasteiger charge is 2.38. The van der Waals surface area contributed by atoms with Gasteiger partial charge in [-0.3, -0.25) is 14.5 Å². The molecular formula is C11H14N4O2. The minimum Gasteiger partial charge on any atom is -0.343 e. The summed E-state index contributed by atoms with van der Waals surface area (Å²) < 4.78 is 0. The van der Waals surface area contributed by atoms with Gasteiger partial charge in [0.1, 0.15) is 18.4 Å². The number of piperazine rings is 1. The van der Waals surface area contributed by atoms with Gasteiger partial charge in [-0.25, -0.2) is 9.97 Å². The lowest BCUT2D eigenvalue weighted by Crippen LogP contribution is -2.62. The van der Waals surface area contributed by atoms with Crippen LogP contribution in [0.5, 0.6) is 0 Å². The summed E-state index contributed by atoms with van der Waals surface area (Å²) in [6.45, 7) is 3.55. The molecule has 17 heavy (non-hydrogen) atoms. The third kappa shape index (κ3) is 1.98. The Morgan fingerprint density at radius 2 is 2.00 bits per heavy atom. The quantitative estimate of drug-likeness (QED) is 0.787. The van der Waals surface area contributed by atoms with E-state index in [1.165, 1.54) is 23.6 Å². The van der Waals surface area contributed by atoms with Crippen molar-refractivity contribution in [2.24, 2.45) is 0 Å². The average Bonchev–Trinajstić information content (AvgIpc) is 2.35. The zero-order chi connectivity index (χ0) is 12.4. The van der Waals surface area contributed by atoms with Crippen LogP contribution < -0.4 is 10.2 Å². The van der Waals surface area contributed by atoms with E-state index in [1.54, 1.807) is 6.92 Å². The molecule has 90 valence electrons. The van der Waals surface area contributed by atoms with Crippen LogP contribution in [-0.4, -0.2) is 33.9 Å². The maximum atomic E-state index is 12.2. The van der Waals surface area contributed by atoms with Gasteiger partial charge >= 0.3 is 0 Å². The first-order valence-electron chi connectivity index (χ1n) is 5.53.